The molecule has 0 saturated carbocycles. The van der Waals surface area contributed by atoms with E-state index < -0.39 is 12.1 Å². The molecule has 0 aromatic rings. The van der Waals surface area contributed by atoms with Gasteiger partial charge in [-0.15, -0.1) is 0 Å². The van der Waals surface area contributed by atoms with Gasteiger partial charge in [0.1, 0.15) is 0 Å². The highest BCUT2D eigenvalue weighted by Crippen LogP contribution is 2.09. The Kier molecular flexibility index (Phi) is 25.1. The number of hydrogen-bond donors (Lipinski definition) is 3. The van der Waals surface area contributed by atoms with E-state index in [-0.39, 0.29) is 12.5 Å². The number of aliphatic hydroxyl groups is 2. The Morgan fingerprint density at radius 2 is 1.18 bits per heavy atom. The summed E-state index contributed by atoms with van der Waals surface area (Å²) in [7, 11) is 0. The Morgan fingerprint density at radius 3 is 1.79 bits per heavy atom. The summed E-state index contributed by atoms with van der Waals surface area (Å²) >= 11 is 0. The van der Waals surface area contributed by atoms with Crippen LogP contribution in [0.15, 0.2) is 36.5 Å². The van der Waals surface area contributed by atoms with E-state index in [2.05, 4.69) is 43.5 Å². The largest absolute Gasteiger partial charge is 0.394 e. The molecule has 0 heterocycles. The highest BCUT2D eigenvalue weighted by atomic mass is 16.3. The van der Waals surface area contributed by atoms with Crippen LogP contribution in [0.4, 0.5) is 0 Å². The minimum absolute atomic E-state index is 0.0939. The predicted molar refractivity (Wildman–Crippen MR) is 147 cm³/mol. The monoisotopic (exact) mass is 477 g/mol. The number of amides is 1. The lowest BCUT2D eigenvalue weighted by molar-refractivity contribution is -0.123. The summed E-state index contributed by atoms with van der Waals surface area (Å²) in [6, 6.07) is -0.639. The highest BCUT2D eigenvalue weighted by Gasteiger charge is 2.17. The van der Waals surface area contributed by atoms with Crippen LogP contribution in [0.1, 0.15) is 129 Å². The quantitative estimate of drug-likeness (QED) is 0.0992. The summed E-state index contributed by atoms with van der Waals surface area (Å²) in [5.74, 6) is -0.0939. The van der Waals surface area contributed by atoms with Crippen LogP contribution in [0, 0.1) is 0 Å². The van der Waals surface area contributed by atoms with Crippen molar-refractivity contribution in [2.24, 2.45) is 0 Å². The molecule has 4 nitrogen and oxygen atoms in total. The Hall–Kier alpha value is -1.39. The lowest BCUT2D eigenvalue weighted by Crippen LogP contribution is -2.45. The molecule has 0 aromatic heterocycles. The number of carbonyl (C=O) groups is 1. The molecule has 2 unspecified atom stereocenters. The predicted octanol–water partition coefficient (Wildman–Crippen LogP) is 7.55. The summed E-state index contributed by atoms with van der Waals surface area (Å²) < 4.78 is 0. The van der Waals surface area contributed by atoms with Crippen molar-refractivity contribution < 1.29 is 15.0 Å². The van der Waals surface area contributed by atoms with Gasteiger partial charge in [0.2, 0.25) is 5.91 Å². The average molecular weight is 478 g/mol. The Morgan fingerprint density at radius 1 is 0.676 bits per heavy atom. The minimum Gasteiger partial charge on any atom is -0.394 e. The summed E-state index contributed by atoms with van der Waals surface area (Å²) in [6.45, 7) is 4.19. The third-order valence-electron chi connectivity index (χ3n) is 6.10. The van der Waals surface area contributed by atoms with Crippen molar-refractivity contribution in [1.29, 1.82) is 0 Å². The van der Waals surface area contributed by atoms with E-state index in [1.54, 1.807) is 6.08 Å². The van der Waals surface area contributed by atoms with Crippen LogP contribution >= 0.6 is 0 Å². The molecule has 0 bridgehead atoms. The molecule has 34 heavy (non-hydrogen) atoms. The van der Waals surface area contributed by atoms with E-state index in [0.717, 1.165) is 44.9 Å². The molecule has 1 amide bonds. The SMILES string of the molecule is CCCC/C=C\CCCCCCC(=O)NC(CO)C(O)/C=C/CC/C=C/CCCCCCCC. The molecule has 0 aliphatic carbocycles. The van der Waals surface area contributed by atoms with Crippen molar-refractivity contribution in [2.75, 3.05) is 6.61 Å². The molecule has 198 valence electrons. The molecular formula is C30H55NO3. The van der Waals surface area contributed by atoms with Crippen molar-refractivity contribution in [2.45, 2.75) is 142 Å². The van der Waals surface area contributed by atoms with Gasteiger partial charge in [0.25, 0.3) is 0 Å². The topological polar surface area (TPSA) is 69.6 Å². The van der Waals surface area contributed by atoms with Crippen molar-refractivity contribution in [3.8, 4) is 0 Å². The number of carbonyl (C=O) groups excluding carboxylic acids is 1. The third kappa shape index (κ3) is 22.4. The van der Waals surface area contributed by atoms with Gasteiger partial charge in [0.05, 0.1) is 18.8 Å². The summed E-state index contributed by atoms with van der Waals surface area (Å²) in [5.41, 5.74) is 0. The van der Waals surface area contributed by atoms with Gasteiger partial charge in [-0.05, 0) is 51.4 Å². The van der Waals surface area contributed by atoms with Gasteiger partial charge in [-0.3, -0.25) is 4.79 Å². The van der Waals surface area contributed by atoms with Gasteiger partial charge < -0.3 is 15.5 Å². The molecule has 0 aliphatic heterocycles. The number of rotatable bonds is 24. The lowest BCUT2D eigenvalue weighted by atomic mass is 10.1. The van der Waals surface area contributed by atoms with Crippen LogP contribution in [0.3, 0.4) is 0 Å². The van der Waals surface area contributed by atoms with Gasteiger partial charge in [0, 0.05) is 6.42 Å². The first-order valence-electron chi connectivity index (χ1n) is 14.2. The fourth-order valence-electron chi connectivity index (χ4n) is 3.82. The Bertz CT molecular complexity index is 527. The second kappa shape index (κ2) is 26.2. The molecule has 3 N–H and O–H groups in total. The Balaban J connectivity index is 3.81. The van der Waals surface area contributed by atoms with Crippen LogP contribution in [-0.4, -0.2) is 34.9 Å². The summed E-state index contributed by atoms with van der Waals surface area (Å²) in [4.78, 5) is 12.1. The van der Waals surface area contributed by atoms with Crippen LogP contribution in [0.2, 0.25) is 0 Å². The van der Waals surface area contributed by atoms with E-state index in [9.17, 15) is 15.0 Å². The molecule has 0 aromatic carbocycles. The molecule has 0 spiro atoms. The van der Waals surface area contributed by atoms with Gasteiger partial charge in [-0.1, -0.05) is 108 Å². The maximum Gasteiger partial charge on any atom is 0.220 e. The van der Waals surface area contributed by atoms with Crippen LogP contribution in [0.5, 0.6) is 0 Å². The van der Waals surface area contributed by atoms with E-state index in [1.165, 1.54) is 64.2 Å². The van der Waals surface area contributed by atoms with Gasteiger partial charge in [-0.25, -0.2) is 0 Å². The maximum atomic E-state index is 12.1. The maximum absolute atomic E-state index is 12.1. The number of aliphatic hydroxyl groups excluding tert-OH is 2. The van der Waals surface area contributed by atoms with Gasteiger partial charge in [0.15, 0.2) is 0 Å². The van der Waals surface area contributed by atoms with Crippen LogP contribution in [-0.2, 0) is 4.79 Å². The second-order valence-electron chi connectivity index (χ2n) is 9.45. The first kappa shape index (κ1) is 32.6. The first-order valence-corrected chi connectivity index (χ1v) is 14.2. The molecule has 2 atom stereocenters. The molecule has 0 aliphatic rings. The molecular weight excluding hydrogens is 422 g/mol. The second-order valence-corrected chi connectivity index (χ2v) is 9.45. The minimum atomic E-state index is -0.861. The van der Waals surface area contributed by atoms with E-state index in [1.807, 2.05) is 6.08 Å². The third-order valence-corrected chi connectivity index (χ3v) is 6.10. The molecule has 0 saturated heterocycles. The van der Waals surface area contributed by atoms with Gasteiger partial charge in [-0.2, -0.15) is 0 Å². The van der Waals surface area contributed by atoms with Crippen LogP contribution < -0.4 is 5.32 Å². The highest BCUT2D eigenvalue weighted by molar-refractivity contribution is 5.76. The zero-order valence-corrected chi connectivity index (χ0v) is 22.4. The first-order chi connectivity index (χ1) is 16.7. The number of unbranched alkanes of at least 4 members (excludes halogenated alkanes) is 13. The van der Waals surface area contributed by atoms with Crippen molar-refractivity contribution in [3.63, 3.8) is 0 Å². The van der Waals surface area contributed by atoms with Gasteiger partial charge >= 0.3 is 0 Å². The zero-order chi connectivity index (χ0) is 25.1. The van der Waals surface area contributed by atoms with Crippen molar-refractivity contribution in [1.82, 2.24) is 5.32 Å². The standard InChI is InChI=1S/C30H55NO3/c1-3-5-7-9-11-13-15-16-17-19-21-23-25-29(33)28(27-32)31-30(34)26-24-22-20-18-14-12-10-8-6-4-2/h10,12,16-17,23,25,28-29,32-33H,3-9,11,13-15,18-22,24,26-27H2,1-2H3,(H,31,34)/b12-10-,17-16+,25-23+. The van der Waals surface area contributed by atoms with E-state index >= 15 is 0 Å². The summed E-state index contributed by atoms with van der Waals surface area (Å²) in [5, 5.41) is 22.6. The smallest absolute Gasteiger partial charge is 0.220 e. The molecule has 0 rings (SSSR count). The summed E-state index contributed by atoms with van der Waals surface area (Å²) in [6.07, 6.45) is 32.1. The molecule has 4 heteroatoms. The lowest BCUT2D eigenvalue weighted by Gasteiger charge is -2.19. The number of nitrogens with one attached hydrogen (secondary N) is 1. The van der Waals surface area contributed by atoms with E-state index in [4.69, 9.17) is 0 Å². The normalized spacial score (nSPS) is 13.9. The van der Waals surface area contributed by atoms with E-state index in [0.29, 0.717) is 6.42 Å². The fraction of sp³-hybridized carbons (Fsp3) is 0.767. The zero-order valence-electron chi connectivity index (χ0n) is 22.4. The molecule has 0 fully saturated rings. The average Bonchev–Trinajstić information content (AvgIpc) is 2.84. The van der Waals surface area contributed by atoms with Crippen molar-refractivity contribution in [3.05, 3.63) is 36.5 Å². The fourth-order valence-corrected chi connectivity index (χ4v) is 3.82. The number of hydrogen-bond acceptors (Lipinski definition) is 3. The van der Waals surface area contributed by atoms with Crippen molar-refractivity contribution >= 4 is 5.91 Å². The molecule has 0 radical (unpaired) electrons. The van der Waals surface area contributed by atoms with Crippen LogP contribution in [0.25, 0.3) is 0 Å². The Labute approximate surface area is 211 Å². The number of allylic oxidation sites excluding steroid dienone is 5.